The van der Waals surface area contributed by atoms with E-state index >= 15 is 0 Å². The van der Waals surface area contributed by atoms with Crippen LogP contribution in [0.25, 0.3) is 0 Å². The largest absolute Gasteiger partial charge is 0.338 e. The van der Waals surface area contributed by atoms with Crippen molar-refractivity contribution in [2.45, 2.75) is 20.3 Å². The number of piperazine rings is 1. The molecular weight excluding hydrogens is 399 g/mol. The zero-order valence-electron chi connectivity index (χ0n) is 16.5. The van der Waals surface area contributed by atoms with Crippen LogP contribution in [0.5, 0.6) is 0 Å². The number of piperidine rings is 1. The van der Waals surface area contributed by atoms with Gasteiger partial charge in [0, 0.05) is 18.8 Å². The van der Waals surface area contributed by atoms with Gasteiger partial charge < -0.3 is 20.0 Å². The van der Waals surface area contributed by atoms with Crippen LogP contribution in [0.15, 0.2) is 18.2 Å². The van der Waals surface area contributed by atoms with Crippen LogP contribution in [-0.2, 0) is 4.79 Å². The van der Waals surface area contributed by atoms with Crippen LogP contribution in [-0.4, -0.2) is 66.6 Å². The van der Waals surface area contributed by atoms with Gasteiger partial charge in [-0.25, -0.2) is 4.39 Å². The van der Waals surface area contributed by atoms with Gasteiger partial charge in [-0.1, -0.05) is 25.4 Å². The summed E-state index contributed by atoms with van der Waals surface area (Å²) in [7, 11) is 0. The molecule has 2 aliphatic heterocycles. The number of hydrogen-bond acceptors (Lipinski definition) is 2. The summed E-state index contributed by atoms with van der Waals surface area (Å²) in [4.78, 5) is 18.1. The Morgan fingerprint density at radius 2 is 1.89 bits per heavy atom. The first kappa shape index (κ1) is 21.3. The minimum atomic E-state index is -0.447. The molecule has 3 rings (SSSR count). The van der Waals surface area contributed by atoms with Crippen molar-refractivity contribution in [3.8, 4) is 0 Å². The number of quaternary nitrogens is 1. The lowest BCUT2D eigenvalue weighted by molar-refractivity contribution is -0.896. The zero-order chi connectivity index (χ0) is 20.3. The standard InChI is InChI=1S/C20H28ClFN4OS/c1-14-9-15(2)12-26(11-14)19(27)13-24-5-7-25(8-6-24)20(28)23-16-3-4-18(22)17(21)10-16/h3-4,10,14-15H,5-9,11-13H2,1-2H3,(H,23,28)/p+1/t14-,15-/m1/s1. The number of rotatable bonds is 3. The molecule has 0 saturated carbocycles. The second kappa shape index (κ2) is 9.37. The Balaban J connectivity index is 1.45. The molecular formula is C20H29ClFN4OS+. The Morgan fingerprint density at radius 1 is 1.25 bits per heavy atom. The topological polar surface area (TPSA) is 40.0 Å². The number of anilines is 1. The average Bonchev–Trinajstić information content (AvgIpc) is 2.64. The molecule has 2 atom stereocenters. The third-order valence-electron chi connectivity index (χ3n) is 5.55. The summed E-state index contributed by atoms with van der Waals surface area (Å²) >= 11 is 11.3. The Kier molecular flexibility index (Phi) is 7.12. The van der Waals surface area contributed by atoms with Gasteiger partial charge >= 0.3 is 0 Å². The van der Waals surface area contributed by atoms with Crippen molar-refractivity contribution in [3.05, 3.63) is 29.0 Å². The van der Waals surface area contributed by atoms with Crippen molar-refractivity contribution in [1.29, 1.82) is 0 Å². The quantitative estimate of drug-likeness (QED) is 0.723. The fraction of sp³-hybridized carbons (Fsp3) is 0.600. The maximum Gasteiger partial charge on any atom is 0.277 e. The van der Waals surface area contributed by atoms with Crippen LogP contribution in [0, 0.1) is 17.7 Å². The first-order chi connectivity index (χ1) is 13.3. The number of nitrogens with one attached hydrogen (secondary N) is 2. The van der Waals surface area contributed by atoms with Crippen LogP contribution in [0.3, 0.4) is 0 Å². The number of carbonyl (C=O) groups excluding carboxylic acids is 1. The summed E-state index contributed by atoms with van der Waals surface area (Å²) in [5.41, 5.74) is 0.676. The van der Waals surface area contributed by atoms with Gasteiger partial charge in [0.2, 0.25) is 0 Å². The monoisotopic (exact) mass is 427 g/mol. The first-order valence-electron chi connectivity index (χ1n) is 9.94. The third kappa shape index (κ3) is 5.55. The normalized spacial score (nSPS) is 23.6. The lowest BCUT2D eigenvalue weighted by Crippen LogP contribution is -3.15. The van der Waals surface area contributed by atoms with E-state index in [2.05, 4.69) is 24.1 Å². The van der Waals surface area contributed by atoms with Crippen molar-refractivity contribution in [1.82, 2.24) is 9.80 Å². The fourth-order valence-electron chi connectivity index (χ4n) is 4.17. The Morgan fingerprint density at radius 3 is 2.50 bits per heavy atom. The number of halogens is 2. The minimum Gasteiger partial charge on any atom is -0.338 e. The first-order valence-corrected chi connectivity index (χ1v) is 10.7. The number of amides is 1. The van der Waals surface area contributed by atoms with Gasteiger partial charge in [-0.05, 0) is 48.7 Å². The van der Waals surface area contributed by atoms with Gasteiger partial charge in [-0.2, -0.15) is 0 Å². The van der Waals surface area contributed by atoms with E-state index in [1.807, 2.05) is 4.90 Å². The Labute approximate surface area is 176 Å². The maximum absolute atomic E-state index is 13.3. The van der Waals surface area contributed by atoms with E-state index in [0.29, 0.717) is 29.2 Å². The lowest BCUT2D eigenvalue weighted by atomic mass is 9.92. The summed E-state index contributed by atoms with van der Waals surface area (Å²) in [6.07, 6.45) is 1.21. The summed E-state index contributed by atoms with van der Waals surface area (Å²) in [5.74, 6) is 0.993. The van der Waals surface area contributed by atoms with Crippen LogP contribution in [0.2, 0.25) is 5.02 Å². The summed E-state index contributed by atoms with van der Waals surface area (Å²) in [6.45, 7) is 10.1. The highest BCUT2D eigenvalue weighted by molar-refractivity contribution is 7.80. The van der Waals surface area contributed by atoms with Crippen LogP contribution in [0.4, 0.5) is 10.1 Å². The van der Waals surface area contributed by atoms with Crippen molar-refractivity contribution < 1.29 is 14.1 Å². The van der Waals surface area contributed by atoms with Gasteiger partial charge in [0.1, 0.15) is 5.82 Å². The molecule has 2 N–H and O–H groups in total. The maximum atomic E-state index is 13.3. The molecule has 2 saturated heterocycles. The van der Waals surface area contributed by atoms with E-state index in [4.69, 9.17) is 23.8 Å². The highest BCUT2D eigenvalue weighted by Gasteiger charge is 2.29. The van der Waals surface area contributed by atoms with Gasteiger partial charge in [-0.3, -0.25) is 4.79 Å². The molecule has 154 valence electrons. The summed E-state index contributed by atoms with van der Waals surface area (Å²) in [5, 5.41) is 3.79. The SMILES string of the molecule is C[C@@H]1C[C@@H](C)CN(C(=O)C[NH+]2CCN(C(=S)Nc3ccc(F)c(Cl)c3)CC2)C1. The fourth-order valence-corrected chi connectivity index (χ4v) is 4.65. The lowest BCUT2D eigenvalue weighted by Gasteiger charge is -2.37. The molecule has 1 amide bonds. The van der Waals surface area contributed by atoms with E-state index in [-0.39, 0.29) is 10.9 Å². The van der Waals surface area contributed by atoms with Crippen LogP contribution < -0.4 is 10.2 Å². The van der Waals surface area contributed by atoms with Crippen molar-refractivity contribution in [2.24, 2.45) is 11.8 Å². The van der Waals surface area contributed by atoms with Crippen molar-refractivity contribution in [2.75, 3.05) is 51.1 Å². The van der Waals surface area contributed by atoms with E-state index < -0.39 is 5.82 Å². The number of nitrogens with zero attached hydrogens (tertiary/aromatic N) is 2. The number of hydrogen-bond donors (Lipinski definition) is 2. The number of likely N-dealkylation sites (tertiary alicyclic amines) is 1. The molecule has 2 aliphatic rings. The van der Waals surface area contributed by atoms with E-state index in [0.717, 1.165) is 39.3 Å². The van der Waals surface area contributed by atoms with Gasteiger partial charge in [-0.15, -0.1) is 0 Å². The van der Waals surface area contributed by atoms with Crippen LogP contribution >= 0.6 is 23.8 Å². The third-order valence-corrected chi connectivity index (χ3v) is 6.20. The smallest absolute Gasteiger partial charge is 0.277 e. The predicted octanol–water partition coefficient (Wildman–Crippen LogP) is 1.88. The molecule has 2 fully saturated rings. The highest BCUT2D eigenvalue weighted by Crippen LogP contribution is 2.21. The molecule has 0 aromatic heterocycles. The molecule has 0 spiro atoms. The molecule has 8 heteroatoms. The zero-order valence-corrected chi connectivity index (χ0v) is 18.1. The second-order valence-corrected chi connectivity index (χ2v) is 9.01. The van der Waals surface area contributed by atoms with E-state index in [1.165, 1.54) is 23.5 Å². The van der Waals surface area contributed by atoms with E-state index in [1.54, 1.807) is 6.07 Å². The summed E-state index contributed by atoms with van der Waals surface area (Å²) < 4.78 is 13.3. The molecule has 1 aromatic carbocycles. The molecule has 2 heterocycles. The molecule has 1 aromatic rings. The average molecular weight is 428 g/mol. The minimum absolute atomic E-state index is 0.0712. The predicted molar refractivity (Wildman–Crippen MR) is 114 cm³/mol. The van der Waals surface area contributed by atoms with Gasteiger partial charge in [0.25, 0.3) is 5.91 Å². The second-order valence-electron chi connectivity index (χ2n) is 8.22. The Hall–Kier alpha value is -1.44. The Bertz CT molecular complexity index is 716. The molecule has 28 heavy (non-hydrogen) atoms. The number of benzene rings is 1. The van der Waals surface area contributed by atoms with Crippen molar-refractivity contribution >= 4 is 40.5 Å². The van der Waals surface area contributed by atoms with Gasteiger partial charge in [0.05, 0.1) is 31.2 Å². The highest BCUT2D eigenvalue weighted by atomic mass is 35.5. The molecule has 0 unspecified atom stereocenters. The molecule has 0 aliphatic carbocycles. The van der Waals surface area contributed by atoms with Crippen molar-refractivity contribution in [3.63, 3.8) is 0 Å². The van der Waals surface area contributed by atoms with Crippen LogP contribution in [0.1, 0.15) is 20.3 Å². The molecule has 5 nitrogen and oxygen atoms in total. The number of carbonyl (C=O) groups is 1. The van der Waals surface area contributed by atoms with Gasteiger partial charge in [0.15, 0.2) is 11.7 Å². The molecule has 0 bridgehead atoms. The summed E-state index contributed by atoms with van der Waals surface area (Å²) in [6, 6.07) is 4.47. The molecule has 0 radical (unpaired) electrons. The van der Waals surface area contributed by atoms with E-state index in [9.17, 15) is 9.18 Å². The number of thiocarbonyl (C=S) groups is 1.